The zero-order valence-corrected chi connectivity index (χ0v) is 22.6. The molecule has 2 N–H and O–H groups in total. The number of hydrogen-bond donors (Lipinski definition) is 2. The first-order chi connectivity index (χ1) is 19.4. The zero-order valence-electron chi connectivity index (χ0n) is 22.6. The summed E-state index contributed by atoms with van der Waals surface area (Å²) in [6.07, 6.45) is 4.00. The van der Waals surface area contributed by atoms with Crippen molar-refractivity contribution in [3.8, 4) is 11.3 Å². The Bertz CT molecular complexity index is 1820. The number of rotatable bonds is 6. The number of carbonyl (C=O) groups excluding carboxylic acids is 2. The van der Waals surface area contributed by atoms with Gasteiger partial charge in [0.25, 0.3) is 5.91 Å². The predicted molar refractivity (Wildman–Crippen MR) is 151 cm³/mol. The van der Waals surface area contributed by atoms with Crippen LogP contribution in [0.5, 0.6) is 0 Å². The van der Waals surface area contributed by atoms with Crippen LogP contribution in [0, 0.1) is 0 Å². The summed E-state index contributed by atoms with van der Waals surface area (Å²) in [4.78, 5) is 38.7. The van der Waals surface area contributed by atoms with E-state index in [4.69, 9.17) is 9.40 Å². The van der Waals surface area contributed by atoms with Gasteiger partial charge < -0.3 is 24.9 Å². The van der Waals surface area contributed by atoms with Crippen LogP contribution in [0.1, 0.15) is 39.5 Å². The molecule has 1 saturated heterocycles. The molecule has 0 spiro atoms. The van der Waals surface area contributed by atoms with Gasteiger partial charge in [-0.25, -0.2) is 9.97 Å². The number of furan rings is 1. The Labute approximate surface area is 230 Å². The Hall–Kier alpha value is -4.70. The van der Waals surface area contributed by atoms with Crippen LogP contribution in [-0.2, 0) is 17.9 Å². The van der Waals surface area contributed by atoms with Crippen molar-refractivity contribution in [3.63, 3.8) is 0 Å². The molecule has 1 fully saturated rings. The first-order valence-electron chi connectivity index (χ1n) is 13.3. The average Bonchev–Trinajstić information content (AvgIpc) is 3.71. The van der Waals surface area contributed by atoms with E-state index >= 15 is 0 Å². The highest BCUT2D eigenvalue weighted by molar-refractivity contribution is 6.06. The summed E-state index contributed by atoms with van der Waals surface area (Å²) in [6, 6.07) is 13.7. The van der Waals surface area contributed by atoms with Gasteiger partial charge in [0.05, 0.1) is 40.6 Å². The zero-order chi connectivity index (χ0) is 27.5. The van der Waals surface area contributed by atoms with Crippen molar-refractivity contribution in [3.05, 3.63) is 77.3 Å². The molecule has 10 nitrogen and oxygen atoms in total. The number of nitrogens with one attached hydrogen (secondary N) is 2. The van der Waals surface area contributed by atoms with Gasteiger partial charge in [-0.2, -0.15) is 0 Å². The van der Waals surface area contributed by atoms with Gasteiger partial charge in [0.15, 0.2) is 5.58 Å². The number of amides is 2. The van der Waals surface area contributed by atoms with Crippen LogP contribution in [0.25, 0.3) is 28.0 Å². The predicted octanol–water partition coefficient (Wildman–Crippen LogP) is 4.14. The van der Waals surface area contributed by atoms with E-state index in [9.17, 15) is 9.59 Å². The minimum atomic E-state index is -0.126. The highest BCUT2D eigenvalue weighted by atomic mass is 16.3. The van der Waals surface area contributed by atoms with Crippen LogP contribution >= 0.6 is 0 Å². The summed E-state index contributed by atoms with van der Waals surface area (Å²) in [5.74, 6) is 0.807. The van der Waals surface area contributed by atoms with Gasteiger partial charge in [-0.15, -0.1) is 0 Å². The maximum atomic E-state index is 13.1. The van der Waals surface area contributed by atoms with Gasteiger partial charge >= 0.3 is 0 Å². The fraction of sp³-hybridized carbons (Fsp3) is 0.267. The minimum absolute atomic E-state index is 0.121. The number of likely N-dealkylation sites (N-methyl/N-ethyl adjacent to an activating group) is 1. The molecule has 10 heteroatoms. The number of likely N-dealkylation sites (tertiary alicyclic amines) is 1. The van der Waals surface area contributed by atoms with E-state index in [2.05, 4.69) is 31.0 Å². The highest BCUT2D eigenvalue weighted by Gasteiger charge is 2.31. The Morgan fingerprint density at radius 3 is 2.80 bits per heavy atom. The van der Waals surface area contributed by atoms with Gasteiger partial charge in [0.2, 0.25) is 5.91 Å². The number of fused-ring (bicyclic) bond motifs is 4. The van der Waals surface area contributed by atoms with Crippen molar-refractivity contribution in [2.75, 3.05) is 33.0 Å². The normalized spacial score (nSPS) is 16.9. The number of hydrogen-bond acceptors (Lipinski definition) is 7. The number of anilines is 2. The van der Waals surface area contributed by atoms with Crippen LogP contribution < -0.4 is 10.6 Å². The van der Waals surface area contributed by atoms with Crippen LogP contribution in [0.15, 0.2) is 59.3 Å². The van der Waals surface area contributed by atoms with Crippen molar-refractivity contribution in [2.24, 2.45) is 0 Å². The standard InChI is InChI=1S/C30H29N7O3/c1-35(2)16-22-18(17-12-28(38)36(3)15-17)5-8-26(34-22)33-21-6-4-19(20-13-32-30(39)29(20)21)24-14-31-27-9-7-25-23(37(24)27)10-11-40-25/h4-11,14,17H,12-13,15-16H2,1-3H3,(H,32,39)(H,33,34). The highest BCUT2D eigenvalue weighted by Crippen LogP contribution is 2.37. The molecule has 6 heterocycles. The van der Waals surface area contributed by atoms with E-state index in [1.807, 2.05) is 63.7 Å². The maximum absolute atomic E-state index is 13.1. The van der Waals surface area contributed by atoms with Crippen LogP contribution in [0.4, 0.5) is 11.5 Å². The molecule has 0 saturated carbocycles. The van der Waals surface area contributed by atoms with Gasteiger partial charge in [-0.1, -0.05) is 12.1 Å². The van der Waals surface area contributed by atoms with E-state index in [0.717, 1.165) is 44.8 Å². The van der Waals surface area contributed by atoms with Crippen molar-refractivity contribution in [1.29, 1.82) is 0 Å². The molecular formula is C30H29N7O3. The largest absolute Gasteiger partial charge is 0.463 e. The number of nitrogens with zero attached hydrogens (tertiary/aromatic N) is 5. The summed E-state index contributed by atoms with van der Waals surface area (Å²) in [6.45, 7) is 1.76. The summed E-state index contributed by atoms with van der Waals surface area (Å²) in [7, 11) is 5.85. The maximum Gasteiger partial charge on any atom is 0.254 e. The van der Waals surface area contributed by atoms with Crippen molar-refractivity contribution >= 4 is 40.1 Å². The summed E-state index contributed by atoms with van der Waals surface area (Å²) in [5.41, 5.74) is 8.57. The third kappa shape index (κ3) is 3.91. The molecule has 5 aromatic rings. The second-order valence-corrected chi connectivity index (χ2v) is 10.8. The second kappa shape index (κ2) is 9.20. The second-order valence-electron chi connectivity index (χ2n) is 10.8. The lowest BCUT2D eigenvalue weighted by Gasteiger charge is -2.19. The number of carbonyl (C=O) groups is 2. The van der Waals surface area contributed by atoms with E-state index in [1.54, 1.807) is 11.2 Å². The molecule has 2 amide bonds. The monoisotopic (exact) mass is 535 g/mol. The fourth-order valence-corrected chi connectivity index (χ4v) is 5.98. The van der Waals surface area contributed by atoms with Gasteiger partial charge in [0, 0.05) is 50.7 Å². The lowest BCUT2D eigenvalue weighted by molar-refractivity contribution is -0.126. The molecule has 4 aromatic heterocycles. The van der Waals surface area contributed by atoms with Gasteiger partial charge in [0.1, 0.15) is 11.5 Å². The molecule has 40 heavy (non-hydrogen) atoms. The molecule has 0 bridgehead atoms. The quantitative estimate of drug-likeness (QED) is 0.337. The Morgan fingerprint density at radius 2 is 2.00 bits per heavy atom. The Morgan fingerprint density at radius 1 is 1.12 bits per heavy atom. The Kier molecular flexibility index (Phi) is 5.60. The number of benzene rings is 1. The molecular weight excluding hydrogens is 506 g/mol. The molecule has 1 atom stereocenters. The molecule has 202 valence electrons. The number of pyridine rings is 2. The summed E-state index contributed by atoms with van der Waals surface area (Å²) in [5, 5.41) is 6.41. The van der Waals surface area contributed by atoms with Crippen molar-refractivity contribution < 1.29 is 14.0 Å². The summed E-state index contributed by atoms with van der Waals surface area (Å²) < 4.78 is 7.67. The third-order valence-corrected chi connectivity index (χ3v) is 7.85. The van der Waals surface area contributed by atoms with Crippen molar-refractivity contribution in [1.82, 2.24) is 29.5 Å². The minimum Gasteiger partial charge on any atom is -0.463 e. The van der Waals surface area contributed by atoms with Crippen LogP contribution in [0.2, 0.25) is 0 Å². The molecule has 2 aliphatic heterocycles. The number of aromatic nitrogens is 3. The van der Waals surface area contributed by atoms with Gasteiger partial charge in [-0.05, 0) is 49.5 Å². The van der Waals surface area contributed by atoms with E-state index < -0.39 is 0 Å². The molecule has 0 aliphatic carbocycles. The molecule has 0 radical (unpaired) electrons. The molecule has 7 rings (SSSR count). The SMILES string of the molecule is CN(C)Cc1nc(Nc2ccc(-c3cnc4ccc5occc5n34)c3c2C(=O)NC3)ccc1C1CC(=O)N(C)C1. The van der Waals surface area contributed by atoms with Crippen molar-refractivity contribution in [2.45, 2.75) is 25.4 Å². The fourth-order valence-electron chi connectivity index (χ4n) is 5.98. The first-order valence-corrected chi connectivity index (χ1v) is 13.3. The third-order valence-electron chi connectivity index (χ3n) is 7.85. The topological polar surface area (TPSA) is 108 Å². The van der Waals surface area contributed by atoms with Gasteiger partial charge in [-0.3, -0.25) is 14.0 Å². The molecule has 1 aromatic carbocycles. The van der Waals surface area contributed by atoms with Crippen LogP contribution in [0.3, 0.4) is 0 Å². The number of imidazole rings is 1. The van der Waals surface area contributed by atoms with Crippen LogP contribution in [-0.4, -0.2) is 63.7 Å². The molecule has 2 aliphatic rings. The first kappa shape index (κ1) is 24.3. The van der Waals surface area contributed by atoms with E-state index in [0.29, 0.717) is 43.1 Å². The lowest BCUT2D eigenvalue weighted by atomic mass is 9.96. The van der Waals surface area contributed by atoms with E-state index in [1.165, 1.54) is 0 Å². The van der Waals surface area contributed by atoms with E-state index in [-0.39, 0.29) is 17.7 Å². The summed E-state index contributed by atoms with van der Waals surface area (Å²) >= 11 is 0. The molecule has 1 unspecified atom stereocenters. The smallest absolute Gasteiger partial charge is 0.254 e. The lowest BCUT2D eigenvalue weighted by Crippen LogP contribution is -2.19. The average molecular weight is 536 g/mol. The Balaban J connectivity index is 1.28.